The highest BCUT2D eigenvalue weighted by Gasteiger charge is 2.22. The zero-order valence-electron chi connectivity index (χ0n) is 8.99. The number of carboxylic acid groups (broad SMARTS) is 1. The maximum Gasteiger partial charge on any atom is 0.320 e. The molecule has 0 radical (unpaired) electrons. The third kappa shape index (κ3) is 3.27. The van der Waals surface area contributed by atoms with Crippen LogP contribution in [0.2, 0.25) is 0 Å². The summed E-state index contributed by atoms with van der Waals surface area (Å²) in [5.74, 6) is -0.146. The Morgan fingerprint density at radius 1 is 1.71 bits per heavy atom. The molecule has 1 fully saturated rings. The molecule has 4 heteroatoms. The van der Waals surface area contributed by atoms with E-state index in [0.717, 1.165) is 26.2 Å². The van der Waals surface area contributed by atoms with E-state index in [1.54, 1.807) is 6.92 Å². The monoisotopic (exact) mass is 200 g/mol. The fraction of sp³-hybridized carbons (Fsp3) is 0.900. The van der Waals surface area contributed by atoms with Crippen LogP contribution in [0, 0.1) is 5.92 Å². The molecule has 0 aliphatic carbocycles. The molecule has 2 N–H and O–H groups in total. The van der Waals surface area contributed by atoms with Gasteiger partial charge in [-0.3, -0.25) is 4.79 Å². The van der Waals surface area contributed by atoms with Crippen LogP contribution in [0.4, 0.5) is 0 Å². The molecule has 0 saturated carbocycles. The highest BCUT2D eigenvalue weighted by molar-refractivity contribution is 5.72. The van der Waals surface area contributed by atoms with Gasteiger partial charge in [-0.25, -0.2) is 0 Å². The van der Waals surface area contributed by atoms with Crippen LogP contribution in [0.5, 0.6) is 0 Å². The highest BCUT2D eigenvalue weighted by atomic mass is 16.4. The molecule has 1 aliphatic heterocycles. The molecule has 0 aromatic heterocycles. The van der Waals surface area contributed by atoms with Gasteiger partial charge in [-0.2, -0.15) is 0 Å². The van der Waals surface area contributed by atoms with Crippen molar-refractivity contribution in [1.82, 2.24) is 10.2 Å². The quantitative estimate of drug-likeness (QED) is 0.674. The van der Waals surface area contributed by atoms with Crippen LogP contribution in [0.15, 0.2) is 0 Å². The molecule has 2 atom stereocenters. The lowest BCUT2D eigenvalue weighted by Crippen LogP contribution is -2.37. The van der Waals surface area contributed by atoms with Crippen LogP contribution in [0.25, 0.3) is 0 Å². The molecule has 1 rings (SSSR count). The molecular formula is C10H20N2O2. The van der Waals surface area contributed by atoms with Gasteiger partial charge in [-0.05, 0) is 32.4 Å². The third-order valence-electron chi connectivity index (χ3n) is 2.90. The van der Waals surface area contributed by atoms with Crippen LogP contribution in [-0.2, 0) is 4.79 Å². The molecule has 1 heterocycles. The summed E-state index contributed by atoms with van der Waals surface area (Å²) in [6.45, 7) is 8.04. The zero-order valence-corrected chi connectivity index (χ0v) is 8.99. The summed E-state index contributed by atoms with van der Waals surface area (Å²) in [6.07, 6.45) is 1.19. The van der Waals surface area contributed by atoms with Crippen molar-refractivity contribution >= 4 is 5.97 Å². The number of nitrogens with one attached hydrogen (secondary N) is 1. The fourth-order valence-corrected chi connectivity index (χ4v) is 1.80. The van der Waals surface area contributed by atoms with E-state index in [-0.39, 0.29) is 0 Å². The van der Waals surface area contributed by atoms with E-state index >= 15 is 0 Å². The number of hydrogen-bond acceptors (Lipinski definition) is 3. The number of likely N-dealkylation sites (tertiary alicyclic amines) is 1. The Kier molecular flexibility index (Phi) is 4.35. The molecule has 0 bridgehead atoms. The Morgan fingerprint density at radius 3 is 2.93 bits per heavy atom. The summed E-state index contributed by atoms with van der Waals surface area (Å²) >= 11 is 0. The van der Waals surface area contributed by atoms with Crippen LogP contribution in [0.3, 0.4) is 0 Å². The third-order valence-corrected chi connectivity index (χ3v) is 2.90. The van der Waals surface area contributed by atoms with Crippen LogP contribution < -0.4 is 5.32 Å². The van der Waals surface area contributed by atoms with E-state index in [4.69, 9.17) is 5.11 Å². The van der Waals surface area contributed by atoms with E-state index in [2.05, 4.69) is 17.1 Å². The summed E-state index contributed by atoms with van der Waals surface area (Å²) < 4.78 is 0. The minimum absolute atomic E-state index is 0.425. The van der Waals surface area contributed by atoms with Gasteiger partial charge in [0.2, 0.25) is 0 Å². The van der Waals surface area contributed by atoms with Gasteiger partial charge in [0.25, 0.3) is 0 Å². The Labute approximate surface area is 85.3 Å². The van der Waals surface area contributed by atoms with Crippen molar-refractivity contribution in [2.24, 2.45) is 5.92 Å². The molecule has 0 aromatic rings. The normalized spacial score (nSPS) is 25.1. The van der Waals surface area contributed by atoms with Crippen LogP contribution in [0.1, 0.15) is 20.3 Å². The number of carbonyl (C=O) groups is 1. The first-order chi connectivity index (χ1) is 6.63. The van der Waals surface area contributed by atoms with Gasteiger partial charge in [0.1, 0.15) is 6.04 Å². The van der Waals surface area contributed by atoms with Crippen molar-refractivity contribution < 1.29 is 9.90 Å². The second kappa shape index (κ2) is 5.32. The van der Waals surface area contributed by atoms with Crippen molar-refractivity contribution in [3.8, 4) is 0 Å². The van der Waals surface area contributed by atoms with Crippen molar-refractivity contribution in [3.05, 3.63) is 0 Å². The van der Waals surface area contributed by atoms with E-state index < -0.39 is 12.0 Å². The standard InChI is InChI=1S/C10H20N2O2/c1-3-12-5-4-9(7-12)6-11-8(2)10(13)14/h8-9,11H,3-7H2,1-2H3,(H,13,14). The van der Waals surface area contributed by atoms with Crippen molar-refractivity contribution in [1.29, 1.82) is 0 Å². The smallest absolute Gasteiger partial charge is 0.320 e. The molecule has 14 heavy (non-hydrogen) atoms. The largest absolute Gasteiger partial charge is 0.480 e. The molecular weight excluding hydrogens is 180 g/mol. The maximum absolute atomic E-state index is 10.6. The SMILES string of the molecule is CCN1CCC(CNC(C)C(=O)O)C1. The van der Waals surface area contributed by atoms with Gasteiger partial charge in [0.15, 0.2) is 0 Å². The second-order valence-corrected chi connectivity index (χ2v) is 4.02. The van der Waals surface area contributed by atoms with Crippen molar-refractivity contribution in [2.75, 3.05) is 26.2 Å². The van der Waals surface area contributed by atoms with E-state index in [1.165, 1.54) is 6.42 Å². The Hall–Kier alpha value is -0.610. The van der Waals surface area contributed by atoms with E-state index in [1.807, 2.05) is 0 Å². The number of aliphatic carboxylic acids is 1. The average Bonchev–Trinajstić information content (AvgIpc) is 2.61. The fourth-order valence-electron chi connectivity index (χ4n) is 1.80. The highest BCUT2D eigenvalue weighted by Crippen LogP contribution is 2.14. The molecule has 0 amide bonds. The summed E-state index contributed by atoms with van der Waals surface area (Å²) in [5, 5.41) is 11.7. The number of nitrogens with zero attached hydrogens (tertiary/aromatic N) is 1. The maximum atomic E-state index is 10.6. The summed E-state index contributed by atoms with van der Waals surface area (Å²) in [4.78, 5) is 13.0. The molecule has 82 valence electrons. The average molecular weight is 200 g/mol. The second-order valence-electron chi connectivity index (χ2n) is 4.02. The van der Waals surface area contributed by atoms with Gasteiger partial charge in [-0.15, -0.1) is 0 Å². The first-order valence-electron chi connectivity index (χ1n) is 5.32. The van der Waals surface area contributed by atoms with E-state index in [9.17, 15) is 4.79 Å². The first-order valence-corrected chi connectivity index (χ1v) is 5.32. The van der Waals surface area contributed by atoms with Gasteiger partial charge in [0, 0.05) is 13.1 Å². The number of carboxylic acids is 1. The molecule has 4 nitrogen and oxygen atoms in total. The summed E-state index contributed by atoms with van der Waals surface area (Å²) in [6, 6.07) is -0.425. The van der Waals surface area contributed by atoms with E-state index in [0.29, 0.717) is 5.92 Å². The number of hydrogen-bond donors (Lipinski definition) is 2. The predicted molar refractivity (Wildman–Crippen MR) is 55.3 cm³/mol. The molecule has 1 saturated heterocycles. The molecule has 0 spiro atoms. The minimum Gasteiger partial charge on any atom is -0.480 e. The minimum atomic E-state index is -0.768. The molecule has 1 aliphatic rings. The van der Waals surface area contributed by atoms with Crippen LogP contribution in [-0.4, -0.2) is 48.2 Å². The Bertz CT molecular complexity index is 197. The lowest BCUT2D eigenvalue weighted by atomic mass is 10.1. The Morgan fingerprint density at radius 2 is 2.43 bits per heavy atom. The van der Waals surface area contributed by atoms with Gasteiger partial charge >= 0.3 is 5.97 Å². The lowest BCUT2D eigenvalue weighted by Gasteiger charge is -2.15. The predicted octanol–water partition coefficient (Wildman–Crippen LogP) is 0.391. The Balaban J connectivity index is 2.17. The molecule has 2 unspecified atom stereocenters. The summed E-state index contributed by atoms with van der Waals surface area (Å²) in [5.41, 5.74) is 0. The number of rotatable bonds is 5. The molecule has 0 aromatic carbocycles. The van der Waals surface area contributed by atoms with Gasteiger partial charge in [-0.1, -0.05) is 6.92 Å². The van der Waals surface area contributed by atoms with Gasteiger partial charge < -0.3 is 15.3 Å². The van der Waals surface area contributed by atoms with Crippen molar-refractivity contribution in [3.63, 3.8) is 0 Å². The van der Waals surface area contributed by atoms with Gasteiger partial charge in [0.05, 0.1) is 0 Å². The topological polar surface area (TPSA) is 52.6 Å². The lowest BCUT2D eigenvalue weighted by molar-refractivity contribution is -0.139. The zero-order chi connectivity index (χ0) is 10.6. The van der Waals surface area contributed by atoms with Crippen molar-refractivity contribution in [2.45, 2.75) is 26.3 Å². The first kappa shape index (κ1) is 11.5. The summed E-state index contributed by atoms with van der Waals surface area (Å²) in [7, 11) is 0. The van der Waals surface area contributed by atoms with Crippen LogP contribution >= 0.6 is 0 Å².